The van der Waals surface area contributed by atoms with Crippen molar-refractivity contribution in [1.82, 2.24) is 19.0 Å². The molecule has 2 saturated carbocycles. The van der Waals surface area contributed by atoms with Crippen LogP contribution in [0.3, 0.4) is 0 Å². The van der Waals surface area contributed by atoms with Crippen molar-refractivity contribution in [2.75, 3.05) is 29.9 Å². The number of ether oxygens (including phenoxy) is 1. The number of aryl methyl sites for hydroxylation is 1. The molecule has 4 heterocycles. The fourth-order valence-corrected chi connectivity index (χ4v) is 6.23. The molecule has 2 bridgehead atoms. The molecule has 3 aromatic rings. The zero-order chi connectivity index (χ0) is 21.9. The number of hydrogen-bond acceptors (Lipinski definition) is 7. The van der Waals surface area contributed by atoms with Gasteiger partial charge in [-0.25, -0.2) is 13.3 Å². The number of fused-ring (bicyclic) bond motifs is 3. The number of aromatic nitrogens is 4. The Bertz CT molecular complexity index is 1110. The first-order valence-electron chi connectivity index (χ1n) is 11.2. The summed E-state index contributed by atoms with van der Waals surface area (Å²) in [5.74, 6) is -0.368. The molecule has 0 spiro atoms. The topological polar surface area (TPSA) is 67.6 Å². The molecule has 1 N–H and O–H groups in total. The second-order valence-corrected chi connectivity index (χ2v) is 10.3. The van der Waals surface area contributed by atoms with Gasteiger partial charge < -0.3 is 15.0 Å². The van der Waals surface area contributed by atoms with E-state index in [1.54, 1.807) is 16.0 Å². The Morgan fingerprint density at radius 3 is 2.72 bits per heavy atom. The smallest absolute Gasteiger partial charge is 0.248 e. The maximum atomic E-state index is 13.1. The molecule has 2 aliphatic carbocycles. The summed E-state index contributed by atoms with van der Waals surface area (Å²) in [4.78, 5) is 7.15. The highest BCUT2D eigenvalue weighted by Crippen LogP contribution is 2.43. The summed E-state index contributed by atoms with van der Waals surface area (Å²) in [6.45, 7) is 4.36. The number of anilines is 2. The van der Waals surface area contributed by atoms with Gasteiger partial charge in [-0.15, -0.1) is 5.10 Å². The van der Waals surface area contributed by atoms with Gasteiger partial charge in [-0.05, 0) is 61.3 Å². The monoisotopic (exact) mass is 460 g/mol. The van der Waals surface area contributed by atoms with Gasteiger partial charge in [0.25, 0.3) is 0 Å². The maximum absolute atomic E-state index is 13.1. The molecule has 0 aromatic carbocycles. The summed E-state index contributed by atoms with van der Waals surface area (Å²) in [6.07, 6.45) is 4.03. The van der Waals surface area contributed by atoms with Gasteiger partial charge in [0, 0.05) is 44.1 Å². The molecule has 0 unspecified atom stereocenters. The molecule has 3 aromatic heterocycles. The summed E-state index contributed by atoms with van der Waals surface area (Å²) in [7, 11) is 0. The highest BCUT2D eigenvalue weighted by atomic mass is 32.1. The molecule has 0 radical (unpaired) electrons. The van der Waals surface area contributed by atoms with Crippen LogP contribution in [0.1, 0.15) is 31.4 Å². The summed E-state index contributed by atoms with van der Waals surface area (Å²) in [5, 5.41) is 9.46. The van der Waals surface area contributed by atoms with Gasteiger partial charge in [0.05, 0.1) is 12.3 Å². The lowest BCUT2D eigenvalue weighted by molar-refractivity contribution is -0.119. The molecule has 6 rings (SSSR count). The van der Waals surface area contributed by atoms with Crippen molar-refractivity contribution in [3.8, 4) is 5.75 Å². The van der Waals surface area contributed by atoms with Crippen molar-refractivity contribution >= 4 is 28.1 Å². The standard InChI is InChI=1S/C22H26F2N6OS/c1-13-7-18(32-28-13)29-10-15-4-5-16(11-29)19(15)25-21-26-20-17(3-2-6-30(20)27-21)31-12-14-8-22(23,24)9-14/h2-3,6-7,14-16,19H,4-5,8-12H2,1H3,(H,25,27)/t15-,16+,19-. The molecule has 0 amide bonds. The normalized spacial score (nSPS) is 27.0. The van der Waals surface area contributed by atoms with E-state index in [1.165, 1.54) is 17.8 Å². The van der Waals surface area contributed by atoms with E-state index in [9.17, 15) is 8.78 Å². The first-order valence-corrected chi connectivity index (χ1v) is 12.0. The van der Waals surface area contributed by atoms with Crippen molar-refractivity contribution in [3.05, 3.63) is 30.1 Å². The number of piperidine rings is 1. The zero-order valence-electron chi connectivity index (χ0n) is 17.9. The second-order valence-electron chi connectivity index (χ2n) is 9.50. The lowest BCUT2D eigenvalue weighted by Gasteiger charge is -2.38. The van der Waals surface area contributed by atoms with Crippen molar-refractivity contribution in [3.63, 3.8) is 0 Å². The highest BCUT2D eigenvalue weighted by Gasteiger charge is 2.45. The minimum absolute atomic E-state index is 0.0990. The van der Waals surface area contributed by atoms with Gasteiger partial charge in [0.1, 0.15) is 5.00 Å². The Morgan fingerprint density at radius 2 is 2.03 bits per heavy atom. The lowest BCUT2D eigenvalue weighted by atomic mass is 9.82. The van der Waals surface area contributed by atoms with Crippen LogP contribution in [-0.4, -0.2) is 50.6 Å². The van der Waals surface area contributed by atoms with Crippen LogP contribution in [-0.2, 0) is 0 Å². The summed E-state index contributed by atoms with van der Waals surface area (Å²) >= 11 is 1.58. The number of alkyl halides is 2. The van der Waals surface area contributed by atoms with Crippen LogP contribution in [0.4, 0.5) is 19.7 Å². The first kappa shape index (κ1) is 20.1. The van der Waals surface area contributed by atoms with E-state index in [0.717, 1.165) is 18.8 Å². The molecule has 3 fully saturated rings. The number of rotatable bonds is 6. The number of nitrogens with zero attached hydrogens (tertiary/aromatic N) is 5. The molecule has 3 atom stereocenters. The predicted molar refractivity (Wildman–Crippen MR) is 119 cm³/mol. The highest BCUT2D eigenvalue weighted by molar-refractivity contribution is 7.10. The minimum atomic E-state index is -2.53. The number of halogens is 2. The Balaban J connectivity index is 1.14. The minimum Gasteiger partial charge on any atom is -0.489 e. The zero-order valence-corrected chi connectivity index (χ0v) is 18.7. The van der Waals surface area contributed by atoms with Gasteiger partial charge in [0.15, 0.2) is 11.4 Å². The predicted octanol–water partition coefficient (Wildman–Crippen LogP) is 4.25. The van der Waals surface area contributed by atoms with E-state index < -0.39 is 5.92 Å². The van der Waals surface area contributed by atoms with Crippen LogP contribution in [0.2, 0.25) is 0 Å². The quantitative estimate of drug-likeness (QED) is 0.593. The third-order valence-corrected chi connectivity index (χ3v) is 7.97. The molecular weight excluding hydrogens is 434 g/mol. The van der Waals surface area contributed by atoms with Crippen molar-refractivity contribution < 1.29 is 13.5 Å². The third kappa shape index (κ3) is 3.68. The Labute approximate surface area is 188 Å². The average molecular weight is 461 g/mol. The van der Waals surface area contributed by atoms with Gasteiger partial charge in [-0.3, -0.25) is 0 Å². The van der Waals surface area contributed by atoms with E-state index in [1.807, 2.05) is 25.3 Å². The number of hydrogen-bond donors (Lipinski definition) is 1. The number of pyridine rings is 1. The largest absolute Gasteiger partial charge is 0.489 e. The average Bonchev–Trinajstić information content (AvgIpc) is 3.41. The van der Waals surface area contributed by atoms with Crippen molar-refractivity contribution in [2.45, 2.75) is 44.6 Å². The van der Waals surface area contributed by atoms with Crippen LogP contribution >= 0.6 is 11.5 Å². The molecule has 1 aliphatic heterocycles. The Hall–Kier alpha value is -2.49. The molecule has 10 heteroatoms. The molecule has 3 aliphatic rings. The van der Waals surface area contributed by atoms with Crippen LogP contribution in [0, 0.1) is 24.7 Å². The Kier molecular flexibility index (Phi) is 4.74. The van der Waals surface area contributed by atoms with Crippen LogP contribution in [0.15, 0.2) is 24.4 Å². The Morgan fingerprint density at radius 1 is 1.25 bits per heavy atom. The maximum Gasteiger partial charge on any atom is 0.248 e. The fraction of sp³-hybridized carbons (Fsp3) is 0.591. The molecule has 32 heavy (non-hydrogen) atoms. The van der Waals surface area contributed by atoms with E-state index in [4.69, 9.17) is 4.74 Å². The summed E-state index contributed by atoms with van der Waals surface area (Å²) in [6, 6.07) is 6.19. The van der Waals surface area contributed by atoms with Gasteiger partial charge in [-0.2, -0.15) is 9.36 Å². The van der Waals surface area contributed by atoms with Crippen LogP contribution in [0.25, 0.3) is 5.65 Å². The molecule has 7 nitrogen and oxygen atoms in total. The first-order chi connectivity index (χ1) is 15.4. The lowest BCUT2D eigenvalue weighted by Crippen LogP contribution is -2.48. The molecular formula is C22H26F2N6OS. The summed E-state index contributed by atoms with van der Waals surface area (Å²) in [5.41, 5.74) is 1.70. The third-order valence-electron chi connectivity index (χ3n) is 7.03. The van der Waals surface area contributed by atoms with Gasteiger partial charge >= 0.3 is 0 Å². The molecule has 170 valence electrons. The van der Waals surface area contributed by atoms with Crippen molar-refractivity contribution in [1.29, 1.82) is 0 Å². The summed E-state index contributed by atoms with van der Waals surface area (Å²) < 4.78 is 38.2. The van der Waals surface area contributed by atoms with E-state index in [2.05, 4.69) is 30.7 Å². The SMILES string of the molecule is Cc1cc(N2C[C@H]3CC[C@@H](C2)[C@@H]3Nc2nc3c(OCC4CC(F)(F)C4)cccn3n2)sn1. The van der Waals surface area contributed by atoms with Crippen molar-refractivity contribution in [2.24, 2.45) is 17.8 Å². The second kappa shape index (κ2) is 7.54. The van der Waals surface area contributed by atoms with E-state index in [-0.39, 0.29) is 25.4 Å². The van der Waals surface area contributed by atoms with Crippen LogP contribution in [0.5, 0.6) is 5.75 Å². The van der Waals surface area contributed by atoms with E-state index >= 15 is 0 Å². The van der Waals surface area contributed by atoms with Gasteiger partial charge in [0.2, 0.25) is 11.9 Å². The van der Waals surface area contributed by atoms with E-state index in [0.29, 0.717) is 35.2 Å². The fourth-order valence-electron chi connectivity index (χ4n) is 5.45. The number of nitrogens with one attached hydrogen (secondary N) is 1. The van der Waals surface area contributed by atoms with Gasteiger partial charge in [-0.1, -0.05) is 0 Å². The molecule has 1 saturated heterocycles. The van der Waals surface area contributed by atoms with Crippen LogP contribution < -0.4 is 15.0 Å².